The molecule has 1 heterocycles. The first-order valence-corrected chi connectivity index (χ1v) is 7.75. The van der Waals surface area contributed by atoms with Gasteiger partial charge < -0.3 is 15.2 Å². The summed E-state index contributed by atoms with van der Waals surface area (Å²) in [5.74, 6) is 0.0964. The number of carbonyl (C=O) groups is 1. The molecule has 1 saturated heterocycles. The van der Waals surface area contributed by atoms with Crippen LogP contribution in [-0.4, -0.2) is 28.1 Å². The maximum atomic E-state index is 12.6. The standard InChI is InChI=1S/C18H16N2O3S/c1-23-15-9-5-8-13(16(15)21)10-14-17(22)20(18(24)19-14)11-12-6-3-2-4-7-12/h2-10,21H,11H2,1H3,(H,19,24). The topological polar surface area (TPSA) is 61.8 Å². The Morgan fingerprint density at radius 3 is 2.67 bits per heavy atom. The van der Waals surface area contributed by atoms with Crippen LogP contribution in [0.4, 0.5) is 0 Å². The molecule has 0 atom stereocenters. The van der Waals surface area contributed by atoms with E-state index in [-0.39, 0.29) is 11.7 Å². The smallest absolute Gasteiger partial charge is 0.276 e. The number of nitrogens with one attached hydrogen (secondary N) is 1. The van der Waals surface area contributed by atoms with Crippen LogP contribution >= 0.6 is 12.2 Å². The molecule has 0 aromatic heterocycles. The highest BCUT2D eigenvalue weighted by Gasteiger charge is 2.30. The van der Waals surface area contributed by atoms with Gasteiger partial charge in [0.2, 0.25) is 0 Å². The maximum Gasteiger partial charge on any atom is 0.276 e. The Kier molecular flexibility index (Phi) is 4.48. The van der Waals surface area contributed by atoms with Gasteiger partial charge in [-0.2, -0.15) is 0 Å². The van der Waals surface area contributed by atoms with E-state index in [0.29, 0.717) is 28.7 Å². The van der Waals surface area contributed by atoms with Crippen LogP contribution in [0.2, 0.25) is 0 Å². The number of phenolic OH excluding ortho intramolecular Hbond substituents is 1. The van der Waals surface area contributed by atoms with Crippen LogP contribution in [0.25, 0.3) is 6.08 Å². The SMILES string of the molecule is COc1cccc(C=C2NC(=S)N(Cc3ccccc3)C2=O)c1O. The predicted octanol–water partition coefficient (Wildman–Crippen LogP) is 2.66. The van der Waals surface area contributed by atoms with Gasteiger partial charge in [-0.05, 0) is 29.9 Å². The molecule has 0 radical (unpaired) electrons. The fourth-order valence-electron chi connectivity index (χ4n) is 2.46. The number of amides is 1. The van der Waals surface area contributed by atoms with E-state index in [1.54, 1.807) is 24.3 Å². The number of aromatic hydroxyl groups is 1. The molecule has 3 rings (SSSR count). The third kappa shape index (κ3) is 3.09. The molecule has 1 amide bonds. The van der Waals surface area contributed by atoms with Crippen LogP contribution in [0, 0.1) is 0 Å². The van der Waals surface area contributed by atoms with Crippen molar-refractivity contribution in [2.45, 2.75) is 6.54 Å². The van der Waals surface area contributed by atoms with E-state index in [1.807, 2.05) is 30.3 Å². The molecule has 0 unspecified atom stereocenters. The lowest BCUT2D eigenvalue weighted by molar-refractivity contribution is -0.122. The van der Waals surface area contributed by atoms with Crippen molar-refractivity contribution < 1.29 is 14.6 Å². The third-order valence-corrected chi connectivity index (χ3v) is 4.02. The number of ether oxygens (including phenoxy) is 1. The highest BCUT2D eigenvalue weighted by Crippen LogP contribution is 2.31. The zero-order valence-corrected chi connectivity index (χ0v) is 13.8. The lowest BCUT2D eigenvalue weighted by Crippen LogP contribution is -2.29. The number of hydrogen-bond acceptors (Lipinski definition) is 4. The molecule has 2 N–H and O–H groups in total. The van der Waals surface area contributed by atoms with Crippen molar-refractivity contribution in [2.75, 3.05) is 7.11 Å². The molecule has 5 nitrogen and oxygen atoms in total. The number of nitrogens with zero attached hydrogens (tertiary/aromatic N) is 1. The summed E-state index contributed by atoms with van der Waals surface area (Å²) in [5, 5.41) is 13.4. The molecule has 0 saturated carbocycles. The number of hydrogen-bond donors (Lipinski definition) is 2. The molecular weight excluding hydrogens is 324 g/mol. The van der Waals surface area contributed by atoms with Gasteiger partial charge in [0, 0.05) is 5.56 Å². The summed E-state index contributed by atoms with van der Waals surface area (Å²) in [4.78, 5) is 14.1. The van der Waals surface area contributed by atoms with Gasteiger partial charge in [0.15, 0.2) is 16.6 Å². The Balaban J connectivity index is 1.86. The quantitative estimate of drug-likeness (QED) is 0.662. The number of carbonyl (C=O) groups excluding carboxylic acids is 1. The number of methoxy groups -OCH3 is 1. The molecule has 1 aliphatic rings. The van der Waals surface area contributed by atoms with Crippen molar-refractivity contribution in [1.82, 2.24) is 10.2 Å². The highest BCUT2D eigenvalue weighted by molar-refractivity contribution is 7.80. The minimum atomic E-state index is -0.230. The lowest BCUT2D eigenvalue weighted by Gasteiger charge is -2.13. The van der Waals surface area contributed by atoms with Gasteiger partial charge in [0.1, 0.15) is 5.70 Å². The van der Waals surface area contributed by atoms with E-state index >= 15 is 0 Å². The molecule has 1 fully saturated rings. The fraction of sp³-hybridized carbons (Fsp3) is 0.111. The van der Waals surface area contributed by atoms with Gasteiger partial charge in [-0.3, -0.25) is 9.69 Å². The fourth-order valence-corrected chi connectivity index (χ4v) is 2.71. The average molecular weight is 340 g/mol. The van der Waals surface area contributed by atoms with Crippen LogP contribution in [0.15, 0.2) is 54.2 Å². The van der Waals surface area contributed by atoms with E-state index in [9.17, 15) is 9.90 Å². The second kappa shape index (κ2) is 6.72. The van der Waals surface area contributed by atoms with Crippen LogP contribution < -0.4 is 10.1 Å². The molecule has 2 aromatic rings. The number of rotatable bonds is 4. The first-order valence-electron chi connectivity index (χ1n) is 7.34. The number of thiocarbonyl (C=S) groups is 1. The molecule has 0 aliphatic carbocycles. The number of para-hydroxylation sites is 1. The first-order chi connectivity index (χ1) is 11.6. The largest absolute Gasteiger partial charge is 0.504 e. The summed E-state index contributed by atoms with van der Waals surface area (Å²) in [6.45, 7) is 0.396. The van der Waals surface area contributed by atoms with E-state index < -0.39 is 0 Å². The van der Waals surface area contributed by atoms with Crippen molar-refractivity contribution in [3.63, 3.8) is 0 Å². The van der Waals surface area contributed by atoms with Crippen LogP contribution in [0.3, 0.4) is 0 Å². The Morgan fingerprint density at radius 2 is 1.96 bits per heavy atom. The first kappa shape index (κ1) is 16.0. The monoisotopic (exact) mass is 340 g/mol. The second-order valence-electron chi connectivity index (χ2n) is 5.26. The molecule has 122 valence electrons. The van der Waals surface area contributed by atoms with E-state index in [4.69, 9.17) is 17.0 Å². The van der Waals surface area contributed by atoms with Gasteiger partial charge in [0.05, 0.1) is 13.7 Å². The van der Waals surface area contributed by atoms with Gasteiger partial charge in [-0.15, -0.1) is 0 Å². The molecular formula is C18H16N2O3S. The number of phenols is 1. The normalized spacial score (nSPS) is 15.7. The number of benzene rings is 2. The summed E-state index contributed by atoms with van der Waals surface area (Å²) in [5.41, 5.74) is 1.79. The van der Waals surface area contributed by atoms with Crippen LogP contribution in [0.5, 0.6) is 11.5 Å². The van der Waals surface area contributed by atoms with Crippen molar-refractivity contribution in [2.24, 2.45) is 0 Å². The Hall–Kier alpha value is -2.86. The molecule has 0 bridgehead atoms. The van der Waals surface area contributed by atoms with Gasteiger partial charge in [0.25, 0.3) is 5.91 Å². The zero-order chi connectivity index (χ0) is 17.1. The Labute approximate surface area is 145 Å². The summed E-state index contributed by atoms with van der Waals surface area (Å²) < 4.78 is 5.08. The third-order valence-electron chi connectivity index (χ3n) is 3.70. The van der Waals surface area contributed by atoms with E-state index in [2.05, 4.69) is 5.32 Å². The minimum Gasteiger partial charge on any atom is -0.504 e. The highest BCUT2D eigenvalue weighted by atomic mass is 32.1. The van der Waals surface area contributed by atoms with Crippen molar-refractivity contribution in [3.05, 3.63) is 65.4 Å². The molecule has 24 heavy (non-hydrogen) atoms. The Bertz CT molecular complexity index is 818. The lowest BCUT2D eigenvalue weighted by atomic mass is 10.1. The zero-order valence-electron chi connectivity index (χ0n) is 13.0. The van der Waals surface area contributed by atoms with Crippen molar-refractivity contribution in [3.8, 4) is 11.5 Å². The van der Waals surface area contributed by atoms with Crippen LogP contribution in [0.1, 0.15) is 11.1 Å². The van der Waals surface area contributed by atoms with Crippen LogP contribution in [-0.2, 0) is 11.3 Å². The van der Waals surface area contributed by atoms with E-state index in [1.165, 1.54) is 12.0 Å². The van der Waals surface area contributed by atoms with Crippen molar-refractivity contribution >= 4 is 29.3 Å². The summed E-state index contributed by atoms with van der Waals surface area (Å²) in [7, 11) is 1.47. The van der Waals surface area contributed by atoms with Gasteiger partial charge in [-0.25, -0.2) is 0 Å². The molecule has 0 spiro atoms. The molecule has 1 aliphatic heterocycles. The molecule has 2 aromatic carbocycles. The van der Waals surface area contributed by atoms with E-state index in [0.717, 1.165) is 5.56 Å². The predicted molar refractivity (Wildman–Crippen MR) is 95.4 cm³/mol. The van der Waals surface area contributed by atoms with Gasteiger partial charge in [-0.1, -0.05) is 42.5 Å². The summed E-state index contributed by atoms with van der Waals surface area (Å²) in [6, 6.07) is 14.7. The summed E-state index contributed by atoms with van der Waals surface area (Å²) >= 11 is 5.26. The van der Waals surface area contributed by atoms with Gasteiger partial charge >= 0.3 is 0 Å². The Morgan fingerprint density at radius 1 is 1.21 bits per heavy atom. The summed E-state index contributed by atoms with van der Waals surface area (Å²) in [6.07, 6.45) is 1.57. The maximum absolute atomic E-state index is 12.6. The van der Waals surface area contributed by atoms with Crippen molar-refractivity contribution in [1.29, 1.82) is 0 Å². The minimum absolute atomic E-state index is 0.0190. The average Bonchev–Trinajstić information content (AvgIpc) is 2.85. The molecule has 6 heteroatoms. The second-order valence-corrected chi connectivity index (χ2v) is 5.65.